The maximum Gasteiger partial charge on any atom is 0.305 e. The highest BCUT2D eigenvalue weighted by Crippen LogP contribution is 2.48. The number of carbonyl (C=O) groups is 4. The first kappa shape index (κ1) is 28.4. The Morgan fingerprint density at radius 2 is 1.47 bits per heavy atom. The van der Waals surface area contributed by atoms with Crippen molar-refractivity contribution in [2.75, 3.05) is 32.3 Å². The zero-order valence-corrected chi connectivity index (χ0v) is 22.2. The lowest BCUT2D eigenvalue weighted by molar-refractivity contribution is -0.143. The summed E-state index contributed by atoms with van der Waals surface area (Å²) in [6.45, 7) is 3.83. The molecule has 0 radical (unpaired) electrons. The van der Waals surface area contributed by atoms with Crippen molar-refractivity contribution in [1.29, 1.82) is 0 Å². The predicted octanol–water partition coefficient (Wildman–Crippen LogP) is 4.21. The third kappa shape index (κ3) is 6.04. The number of anilines is 1. The van der Waals surface area contributed by atoms with E-state index >= 15 is 0 Å². The topological polar surface area (TPSA) is 108 Å². The molecule has 0 atom stereocenters. The van der Waals surface area contributed by atoms with Crippen LogP contribution in [0.5, 0.6) is 11.5 Å². The molecule has 0 saturated heterocycles. The molecule has 2 aromatic rings. The van der Waals surface area contributed by atoms with Gasteiger partial charge in [-0.3, -0.25) is 19.2 Å². The van der Waals surface area contributed by atoms with Gasteiger partial charge in [0, 0.05) is 18.9 Å². The van der Waals surface area contributed by atoms with Crippen molar-refractivity contribution < 1.29 is 38.1 Å². The molecular weight excluding hydrogens is 490 g/mol. The van der Waals surface area contributed by atoms with Gasteiger partial charge in [0.1, 0.15) is 0 Å². The molecule has 2 aromatic carbocycles. The van der Waals surface area contributed by atoms with Gasteiger partial charge in [-0.2, -0.15) is 0 Å². The number of nitrogens with zero attached hydrogens (tertiary/aromatic N) is 1. The summed E-state index contributed by atoms with van der Waals surface area (Å²) in [6.07, 6.45) is 2.98. The lowest BCUT2D eigenvalue weighted by Gasteiger charge is -2.28. The standard InChI is InChI=1S/C29H33NO8/c1-5-37-26(32)15-17-29(18-16-27(33)38-6-2)21-9-7-8-10-22(21)30(28(29)34)25(31)14-12-20-11-13-23(35-3)24(19-20)36-4/h7-14,19H,5-6,15-18H2,1-4H3. The van der Waals surface area contributed by atoms with Crippen LogP contribution in [0, 0.1) is 0 Å². The van der Waals surface area contributed by atoms with E-state index in [0.29, 0.717) is 28.3 Å². The Kier molecular flexibility index (Phi) is 9.65. The Morgan fingerprint density at radius 3 is 2.05 bits per heavy atom. The van der Waals surface area contributed by atoms with Crippen LogP contribution in [0.25, 0.3) is 6.08 Å². The first-order valence-electron chi connectivity index (χ1n) is 12.5. The van der Waals surface area contributed by atoms with Crippen molar-refractivity contribution in [2.24, 2.45) is 0 Å². The van der Waals surface area contributed by atoms with Crippen molar-refractivity contribution in [3.63, 3.8) is 0 Å². The number of esters is 2. The van der Waals surface area contributed by atoms with Gasteiger partial charge >= 0.3 is 11.9 Å². The van der Waals surface area contributed by atoms with Crippen molar-refractivity contribution in [2.45, 2.75) is 44.9 Å². The van der Waals surface area contributed by atoms with Gasteiger partial charge in [-0.25, -0.2) is 4.90 Å². The Morgan fingerprint density at radius 1 is 0.868 bits per heavy atom. The highest BCUT2D eigenvalue weighted by atomic mass is 16.5. The van der Waals surface area contributed by atoms with Crippen LogP contribution >= 0.6 is 0 Å². The van der Waals surface area contributed by atoms with Crippen LogP contribution in [-0.2, 0) is 34.1 Å². The zero-order valence-electron chi connectivity index (χ0n) is 22.2. The summed E-state index contributed by atoms with van der Waals surface area (Å²) < 4.78 is 20.7. The highest BCUT2D eigenvalue weighted by Gasteiger charge is 2.52. The summed E-state index contributed by atoms with van der Waals surface area (Å²) in [6, 6.07) is 12.1. The van der Waals surface area contributed by atoms with E-state index in [2.05, 4.69) is 0 Å². The number of benzene rings is 2. The zero-order chi connectivity index (χ0) is 27.7. The van der Waals surface area contributed by atoms with Gasteiger partial charge < -0.3 is 18.9 Å². The summed E-state index contributed by atoms with van der Waals surface area (Å²) in [5, 5.41) is 0. The Bertz CT molecular complexity index is 1200. The summed E-state index contributed by atoms with van der Waals surface area (Å²) in [4.78, 5) is 53.0. The molecule has 2 amide bonds. The SMILES string of the molecule is CCOC(=O)CCC1(CCC(=O)OCC)C(=O)N(C(=O)C=Cc2ccc(OC)c(OC)c2)c2ccccc21. The number of rotatable bonds is 12. The molecule has 1 heterocycles. The fraction of sp³-hybridized carbons (Fsp3) is 0.379. The number of imide groups is 1. The van der Waals surface area contributed by atoms with Gasteiger partial charge in [0.2, 0.25) is 5.91 Å². The largest absolute Gasteiger partial charge is 0.493 e. The lowest BCUT2D eigenvalue weighted by Crippen LogP contribution is -2.43. The van der Waals surface area contributed by atoms with Gasteiger partial charge in [0.25, 0.3) is 5.91 Å². The molecule has 0 spiro atoms. The van der Waals surface area contributed by atoms with Crippen LogP contribution in [0.15, 0.2) is 48.5 Å². The number of methoxy groups -OCH3 is 2. The van der Waals surface area contributed by atoms with Crippen LogP contribution in [0.2, 0.25) is 0 Å². The molecule has 0 unspecified atom stereocenters. The van der Waals surface area contributed by atoms with E-state index < -0.39 is 29.2 Å². The van der Waals surface area contributed by atoms with E-state index in [4.69, 9.17) is 18.9 Å². The van der Waals surface area contributed by atoms with Gasteiger partial charge in [0.05, 0.1) is 38.5 Å². The molecule has 9 heteroatoms. The van der Waals surface area contributed by atoms with Crippen LogP contribution in [0.3, 0.4) is 0 Å². The minimum Gasteiger partial charge on any atom is -0.493 e. The molecule has 0 N–H and O–H groups in total. The molecule has 0 fully saturated rings. The smallest absolute Gasteiger partial charge is 0.305 e. The first-order valence-corrected chi connectivity index (χ1v) is 12.5. The number of hydrogen-bond donors (Lipinski definition) is 0. The Hall–Kier alpha value is -4.14. The number of ether oxygens (including phenoxy) is 4. The van der Waals surface area contributed by atoms with E-state index in [-0.39, 0.29) is 38.9 Å². The van der Waals surface area contributed by atoms with Gasteiger partial charge in [-0.1, -0.05) is 24.3 Å². The minimum absolute atomic E-state index is 0.0414. The first-order chi connectivity index (χ1) is 18.3. The molecule has 0 bridgehead atoms. The molecule has 202 valence electrons. The molecule has 3 rings (SSSR count). The number of hydrogen-bond acceptors (Lipinski definition) is 8. The van der Waals surface area contributed by atoms with Crippen LogP contribution in [-0.4, -0.2) is 51.2 Å². The molecule has 0 saturated carbocycles. The highest BCUT2D eigenvalue weighted by molar-refractivity contribution is 6.26. The van der Waals surface area contributed by atoms with E-state index in [1.165, 1.54) is 20.3 Å². The fourth-order valence-corrected chi connectivity index (χ4v) is 4.63. The third-order valence-electron chi connectivity index (χ3n) is 6.44. The van der Waals surface area contributed by atoms with Crippen LogP contribution in [0.4, 0.5) is 5.69 Å². The Balaban J connectivity index is 1.96. The van der Waals surface area contributed by atoms with Crippen LogP contribution in [0.1, 0.15) is 50.7 Å². The summed E-state index contributed by atoms with van der Waals surface area (Å²) in [5.41, 5.74) is 0.425. The molecule has 0 aliphatic carbocycles. The summed E-state index contributed by atoms with van der Waals surface area (Å²) in [5.74, 6) is -0.896. The third-order valence-corrected chi connectivity index (χ3v) is 6.44. The molecule has 1 aliphatic heterocycles. The molecule has 38 heavy (non-hydrogen) atoms. The van der Waals surface area contributed by atoms with Crippen molar-refractivity contribution in [3.05, 3.63) is 59.7 Å². The van der Waals surface area contributed by atoms with Crippen molar-refractivity contribution in [1.82, 2.24) is 0 Å². The molecule has 0 aromatic heterocycles. The normalized spacial score (nSPS) is 13.8. The molecular formula is C29H33NO8. The van der Waals surface area contributed by atoms with Gasteiger partial charge in [0.15, 0.2) is 11.5 Å². The van der Waals surface area contributed by atoms with E-state index in [9.17, 15) is 19.2 Å². The van der Waals surface area contributed by atoms with Crippen LogP contribution < -0.4 is 14.4 Å². The number of para-hydroxylation sites is 1. The maximum absolute atomic E-state index is 14.0. The number of fused-ring (bicyclic) bond motifs is 1. The number of amides is 2. The van der Waals surface area contributed by atoms with E-state index in [1.807, 2.05) is 0 Å². The second-order valence-corrected chi connectivity index (χ2v) is 8.64. The summed E-state index contributed by atoms with van der Waals surface area (Å²) in [7, 11) is 3.05. The predicted molar refractivity (Wildman–Crippen MR) is 141 cm³/mol. The summed E-state index contributed by atoms with van der Waals surface area (Å²) >= 11 is 0. The van der Waals surface area contributed by atoms with Gasteiger partial charge in [-0.05, 0) is 62.1 Å². The number of carbonyl (C=O) groups excluding carboxylic acids is 4. The fourth-order valence-electron chi connectivity index (χ4n) is 4.63. The average molecular weight is 524 g/mol. The van der Waals surface area contributed by atoms with Crippen molar-refractivity contribution in [3.8, 4) is 11.5 Å². The second-order valence-electron chi connectivity index (χ2n) is 8.64. The molecule has 1 aliphatic rings. The van der Waals surface area contributed by atoms with E-state index in [0.717, 1.165) is 4.90 Å². The minimum atomic E-state index is -1.26. The average Bonchev–Trinajstić information content (AvgIpc) is 3.17. The monoisotopic (exact) mass is 523 g/mol. The van der Waals surface area contributed by atoms with Crippen molar-refractivity contribution >= 4 is 35.5 Å². The van der Waals surface area contributed by atoms with Gasteiger partial charge in [-0.15, -0.1) is 0 Å². The Labute approximate surface area is 222 Å². The molecule has 9 nitrogen and oxygen atoms in total. The quantitative estimate of drug-likeness (QED) is 0.301. The maximum atomic E-state index is 14.0. The second kappa shape index (κ2) is 12.9. The lowest BCUT2D eigenvalue weighted by atomic mass is 9.74. The van der Waals surface area contributed by atoms with E-state index in [1.54, 1.807) is 62.4 Å².